The van der Waals surface area contributed by atoms with E-state index in [0.717, 1.165) is 5.69 Å². The lowest BCUT2D eigenvalue weighted by atomic mass is 10.1. The van der Waals surface area contributed by atoms with Gasteiger partial charge in [0.05, 0.1) is 11.4 Å². The van der Waals surface area contributed by atoms with Gasteiger partial charge in [0.1, 0.15) is 5.69 Å². The highest BCUT2D eigenvalue weighted by molar-refractivity contribution is 6.08. The van der Waals surface area contributed by atoms with E-state index in [-0.39, 0.29) is 11.8 Å². The van der Waals surface area contributed by atoms with Crippen LogP contribution in [-0.4, -0.2) is 25.8 Å². The Kier molecular flexibility index (Phi) is 3.23. The lowest BCUT2D eigenvalue weighted by Crippen LogP contribution is -2.15. The van der Waals surface area contributed by atoms with Crippen LogP contribution in [0.4, 0.5) is 0 Å². The van der Waals surface area contributed by atoms with Crippen LogP contribution in [0, 0.1) is 13.8 Å². The number of nitrogens with zero attached hydrogens (tertiary/aromatic N) is 4. The third-order valence-electron chi connectivity index (χ3n) is 2.74. The largest absolute Gasteiger partial charge is 0.287 e. The first-order valence-corrected chi connectivity index (χ1v) is 5.90. The molecule has 18 heavy (non-hydrogen) atoms. The van der Waals surface area contributed by atoms with Gasteiger partial charge in [0.25, 0.3) is 0 Å². The van der Waals surface area contributed by atoms with Gasteiger partial charge in [-0.1, -0.05) is 0 Å². The lowest BCUT2D eigenvalue weighted by molar-refractivity contribution is 0.102. The highest BCUT2D eigenvalue weighted by Gasteiger charge is 2.18. The van der Waals surface area contributed by atoms with Gasteiger partial charge >= 0.3 is 0 Å². The van der Waals surface area contributed by atoms with Gasteiger partial charge < -0.3 is 0 Å². The summed E-state index contributed by atoms with van der Waals surface area (Å²) in [5, 5.41) is 12.1. The summed E-state index contributed by atoms with van der Waals surface area (Å²) in [5.74, 6) is -0.0586. The second kappa shape index (κ2) is 4.68. The smallest absolute Gasteiger partial charge is 0.212 e. The quantitative estimate of drug-likeness (QED) is 0.776. The van der Waals surface area contributed by atoms with Gasteiger partial charge in [0.15, 0.2) is 0 Å². The SMILES string of the molecule is Cc1cc(C(=O)c2ccnn2C(C)C)c(C)nn1. The van der Waals surface area contributed by atoms with Crippen molar-refractivity contribution in [3.8, 4) is 0 Å². The minimum Gasteiger partial charge on any atom is -0.287 e. The van der Waals surface area contributed by atoms with E-state index in [1.54, 1.807) is 29.9 Å². The van der Waals surface area contributed by atoms with Crippen molar-refractivity contribution < 1.29 is 4.79 Å². The minimum absolute atomic E-state index is 0.0586. The summed E-state index contributed by atoms with van der Waals surface area (Å²) in [6, 6.07) is 3.65. The Morgan fingerprint density at radius 2 is 2.00 bits per heavy atom. The fourth-order valence-electron chi connectivity index (χ4n) is 1.82. The molecule has 2 heterocycles. The summed E-state index contributed by atoms with van der Waals surface area (Å²) < 4.78 is 1.72. The minimum atomic E-state index is -0.0586. The molecule has 2 aromatic rings. The molecule has 0 aliphatic heterocycles. The molecule has 0 saturated heterocycles. The van der Waals surface area contributed by atoms with E-state index in [0.29, 0.717) is 17.0 Å². The number of carbonyl (C=O) groups excluding carboxylic acids is 1. The van der Waals surface area contributed by atoms with E-state index >= 15 is 0 Å². The predicted molar refractivity (Wildman–Crippen MR) is 67.6 cm³/mol. The monoisotopic (exact) mass is 244 g/mol. The summed E-state index contributed by atoms with van der Waals surface area (Å²) in [7, 11) is 0. The molecule has 0 radical (unpaired) electrons. The number of carbonyl (C=O) groups is 1. The number of hydrogen-bond acceptors (Lipinski definition) is 4. The standard InChI is InChI=1S/C13H16N4O/c1-8(2)17-12(5-6-14-17)13(18)11-7-9(3)15-16-10(11)4/h5-8H,1-4H3. The van der Waals surface area contributed by atoms with Crippen LogP contribution in [0.5, 0.6) is 0 Å². The molecular formula is C13H16N4O. The molecule has 0 saturated carbocycles. The van der Waals surface area contributed by atoms with E-state index in [1.165, 1.54) is 0 Å². The maximum atomic E-state index is 12.5. The fraction of sp³-hybridized carbons (Fsp3) is 0.385. The Hall–Kier alpha value is -2.04. The molecule has 2 aromatic heterocycles. The number of ketones is 1. The molecule has 0 N–H and O–H groups in total. The summed E-state index contributed by atoms with van der Waals surface area (Å²) >= 11 is 0. The van der Waals surface area contributed by atoms with Gasteiger partial charge in [-0.25, -0.2) is 0 Å². The molecule has 0 spiro atoms. The van der Waals surface area contributed by atoms with Crippen LogP contribution in [0.15, 0.2) is 18.3 Å². The molecule has 2 rings (SSSR count). The zero-order chi connectivity index (χ0) is 13.3. The van der Waals surface area contributed by atoms with Crippen molar-refractivity contribution in [3.05, 3.63) is 41.0 Å². The van der Waals surface area contributed by atoms with Crippen molar-refractivity contribution >= 4 is 5.78 Å². The van der Waals surface area contributed by atoms with Crippen LogP contribution in [0.1, 0.15) is 47.3 Å². The van der Waals surface area contributed by atoms with Crippen LogP contribution in [0.25, 0.3) is 0 Å². The van der Waals surface area contributed by atoms with Gasteiger partial charge in [-0.2, -0.15) is 15.3 Å². The fourth-order valence-corrected chi connectivity index (χ4v) is 1.82. The highest BCUT2D eigenvalue weighted by Crippen LogP contribution is 2.15. The molecule has 5 heteroatoms. The number of aryl methyl sites for hydroxylation is 2. The molecular weight excluding hydrogens is 228 g/mol. The molecule has 94 valence electrons. The zero-order valence-electron chi connectivity index (χ0n) is 11.0. The van der Waals surface area contributed by atoms with Crippen molar-refractivity contribution in [2.75, 3.05) is 0 Å². The average Bonchev–Trinajstić information content (AvgIpc) is 2.80. The van der Waals surface area contributed by atoms with Gasteiger partial charge in [0, 0.05) is 17.8 Å². The summed E-state index contributed by atoms with van der Waals surface area (Å²) in [4.78, 5) is 12.5. The van der Waals surface area contributed by atoms with E-state index in [2.05, 4.69) is 15.3 Å². The summed E-state index contributed by atoms with van der Waals surface area (Å²) in [6.45, 7) is 7.60. The molecule has 0 aliphatic rings. The number of aromatic nitrogens is 4. The normalized spacial score (nSPS) is 10.9. The van der Waals surface area contributed by atoms with E-state index in [1.807, 2.05) is 20.8 Å². The topological polar surface area (TPSA) is 60.7 Å². The third-order valence-corrected chi connectivity index (χ3v) is 2.74. The van der Waals surface area contributed by atoms with Gasteiger partial charge in [-0.05, 0) is 39.8 Å². The highest BCUT2D eigenvalue weighted by atomic mass is 16.1. The molecule has 0 aromatic carbocycles. The van der Waals surface area contributed by atoms with Gasteiger partial charge in [-0.15, -0.1) is 0 Å². The maximum Gasteiger partial charge on any atom is 0.212 e. The van der Waals surface area contributed by atoms with Gasteiger partial charge in [-0.3, -0.25) is 9.48 Å². The van der Waals surface area contributed by atoms with Crippen molar-refractivity contribution in [2.24, 2.45) is 0 Å². The average molecular weight is 244 g/mol. The van der Waals surface area contributed by atoms with Crippen LogP contribution in [0.2, 0.25) is 0 Å². The Morgan fingerprint density at radius 1 is 1.28 bits per heavy atom. The van der Waals surface area contributed by atoms with Crippen LogP contribution in [-0.2, 0) is 0 Å². The van der Waals surface area contributed by atoms with Crippen LogP contribution >= 0.6 is 0 Å². The molecule has 0 aliphatic carbocycles. The first-order valence-electron chi connectivity index (χ1n) is 5.90. The molecule has 0 amide bonds. The Labute approximate surface area is 106 Å². The molecule has 0 fully saturated rings. The molecule has 0 unspecified atom stereocenters. The summed E-state index contributed by atoms with van der Waals surface area (Å²) in [6.07, 6.45) is 1.64. The van der Waals surface area contributed by atoms with Crippen molar-refractivity contribution in [2.45, 2.75) is 33.7 Å². The number of hydrogen-bond donors (Lipinski definition) is 0. The van der Waals surface area contributed by atoms with Crippen molar-refractivity contribution in [3.63, 3.8) is 0 Å². The maximum absolute atomic E-state index is 12.5. The first-order chi connectivity index (χ1) is 8.50. The van der Waals surface area contributed by atoms with Crippen molar-refractivity contribution in [1.82, 2.24) is 20.0 Å². The Bertz CT molecular complexity index is 586. The molecule has 0 atom stereocenters. The molecule has 5 nitrogen and oxygen atoms in total. The lowest BCUT2D eigenvalue weighted by Gasteiger charge is -2.10. The van der Waals surface area contributed by atoms with E-state index in [9.17, 15) is 4.79 Å². The Morgan fingerprint density at radius 3 is 2.67 bits per heavy atom. The zero-order valence-corrected chi connectivity index (χ0v) is 11.0. The van der Waals surface area contributed by atoms with Crippen LogP contribution < -0.4 is 0 Å². The van der Waals surface area contributed by atoms with Crippen LogP contribution in [0.3, 0.4) is 0 Å². The second-order valence-corrected chi connectivity index (χ2v) is 4.57. The second-order valence-electron chi connectivity index (χ2n) is 4.57. The van der Waals surface area contributed by atoms with Crippen molar-refractivity contribution in [1.29, 1.82) is 0 Å². The van der Waals surface area contributed by atoms with E-state index in [4.69, 9.17) is 0 Å². The molecule has 0 bridgehead atoms. The van der Waals surface area contributed by atoms with E-state index < -0.39 is 0 Å². The first kappa shape index (κ1) is 12.4. The number of rotatable bonds is 3. The summed E-state index contributed by atoms with van der Waals surface area (Å²) in [5.41, 5.74) is 2.55. The predicted octanol–water partition coefficient (Wildman–Crippen LogP) is 2.10. The third kappa shape index (κ3) is 2.16. The Balaban J connectivity index is 2.48. The van der Waals surface area contributed by atoms with Gasteiger partial charge in [0.2, 0.25) is 5.78 Å².